The van der Waals surface area contributed by atoms with Gasteiger partial charge < -0.3 is 40.0 Å². The number of nitrogens with one attached hydrogen (secondary N) is 1. The molecule has 0 aliphatic carbocycles. The van der Waals surface area contributed by atoms with Crippen molar-refractivity contribution in [2.75, 3.05) is 6.61 Å². The first kappa shape index (κ1) is 21.8. The molecule has 0 bridgehead atoms. The highest BCUT2D eigenvalue weighted by atomic mass is 16.7. The van der Waals surface area contributed by atoms with Crippen molar-refractivity contribution in [3.8, 4) is 5.75 Å². The van der Waals surface area contributed by atoms with E-state index in [1.54, 1.807) is 12.1 Å². The second-order valence-electron chi connectivity index (χ2n) is 7.84. The van der Waals surface area contributed by atoms with Crippen LogP contribution in [-0.4, -0.2) is 67.5 Å². The van der Waals surface area contributed by atoms with Crippen LogP contribution in [-0.2, 0) is 17.6 Å². The minimum Gasteiger partial charge on any atom is -0.454 e. The summed E-state index contributed by atoms with van der Waals surface area (Å²) in [4.78, 5) is 3.17. The highest BCUT2D eigenvalue weighted by molar-refractivity contribution is 5.89. The van der Waals surface area contributed by atoms with Crippen LogP contribution in [0.25, 0.3) is 10.9 Å². The molecule has 0 unspecified atom stereocenters. The molecule has 8 nitrogen and oxygen atoms in total. The molecule has 0 amide bonds. The predicted molar refractivity (Wildman–Crippen MR) is 112 cm³/mol. The molecule has 1 fully saturated rings. The highest BCUT2D eigenvalue weighted by Gasteiger charge is 2.57. The minimum atomic E-state index is -2.63. The molecular weight excluding hydrogens is 402 g/mol. The minimum absolute atomic E-state index is 0.206. The third-order valence-electron chi connectivity index (χ3n) is 5.81. The van der Waals surface area contributed by atoms with Gasteiger partial charge in [-0.2, -0.15) is 0 Å². The quantitative estimate of drug-likeness (QED) is 0.319. The average Bonchev–Trinajstić information content (AvgIpc) is 3.19. The van der Waals surface area contributed by atoms with Crippen molar-refractivity contribution >= 4 is 10.9 Å². The van der Waals surface area contributed by atoms with Crippen LogP contribution >= 0.6 is 0 Å². The molecule has 1 saturated heterocycles. The van der Waals surface area contributed by atoms with Crippen LogP contribution in [0.3, 0.4) is 0 Å². The van der Waals surface area contributed by atoms with E-state index in [2.05, 4.69) is 36.2 Å². The van der Waals surface area contributed by atoms with Gasteiger partial charge in [-0.1, -0.05) is 37.3 Å². The molecule has 31 heavy (non-hydrogen) atoms. The number of aryl methyl sites for hydroxylation is 1. The molecule has 2 aromatic carbocycles. The van der Waals surface area contributed by atoms with Crippen molar-refractivity contribution in [3.05, 3.63) is 65.4 Å². The Morgan fingerprint density at radius 2 is 1.77 bits per heavy atom. The SMILES string of the molecule is CCc1ccc(Cc2c[nH]c3cccc(O[C@]4(O)[C@H](O)O[C@H](CO)[C@@H](O)[C@@H]4O)c23)cc1. The molecule has 1 aromatic heterocycles. The summed E-state index contributed by atoms with van der Waals surface area (Å²) in [6, 6.07) is 13.4. The Balaban J connectivity index is 1.67. The standard InChI is InChI=1S/C23H27NO7/c1-2-13-6-8-14(9-7-13)10-15-11-24-16-4-3-5-17(19(15)16)31-23(29)21(27)20(26)18(12-25)30-22(23)28/h3-9,11,18,20-22,24-29H,2,10,12H2,1H3/t18-,20-,21+,22-,23+/m1/s1. The van der Waals surface area contributed by atoms with Gasteiger partial charge in [0.05, 0.1) is 6.61 Å². The third-order valence-corrected chi connectivity index (χ3v) is 5.81. The molecular formula is C23H27NO7. The molecule has 2 heterocycles. The summed E-state index contributed by atoms with van der Waals surface area (Å²) < 4.78 is 10.7. The van der Waals surface area contributed by atoms with Crippen LogP contribution in [0.4, 0.5) is 0 Å². The van der Waals surface area contributed by atoms with Gasteiger partial charge in [0.2, 0.25) is 6.29 Å². The van der Waals surface area contributed by atoms with Crippen LogP contribution in [0, 0.1) is 0 Å². The van der Waals surface area contributed by atoms with Crippen LogP contribution < -0.4 is 4.74 Å². The number of ether oxygens (including phenoxy) is 2. The monoisotopic (exact) mass is 429 g/mol. The third kappa shape index (κ3) is 3.94. The fourth-order valence-electron chi connectivity index (χ4n) is 3.93. The lowest BCUT2D eigenvalue weighted by Gasteiger charge is -2.45. The summed E-state index contributed by atoms with van der Waals surface area (Å²) in [6.07, 6.45) is -3.40. The zero-order valence-corrected chi connectivity index (χ0v) is 17.1. The number of hydrogen-bond donors (Lipinski definition) is 6. The molecule has 5 atom stereocenters. The van der Waals surface area contributed by atoms with Crippen LogP contribution in [0.1, 0.15) is 23.6 Å². The molecule has 166 valence electrons. The van der Waals surface area contributed by atoms with Crippen LogP contribution in [0.15, 0.2) is 48.7 Å². The van der Waals surface area contributed by atoms with Gasteiger partial charge >= 0.3 is 0 Å². The Morgan fingerprint density at radius 1 is 1.06 bits per heavy atom. The number of aromatic amines is 1. The smallest absolute Gasteiger partial charge is 0.288 e. The van der Waals surface area contributed by atoms with Crippen molar-refractivity contribution < 1.29 is 35.0 Å². The van der Waals surface area contributed by atoms with Gasteiger partial charge in [0.25, 0.3) is 5.79 Å². The van der Waals surface area contributed by atoms with Gasteiger partial charge in [-0.05, 0) is 41.7 Å². The fraction of sp³-hybridized carbons (Fsp3) is 0.391. The van der Waals surface area contributed by atoms with Crippen molar-refractivity contribution in [1.29, 1.82) is 0 Å². The molecule has 4 rings (SSSR count). The van der Waals surface area contributed by atoms with Gasteiger partial charge in [-0.3, -0.25) is 0 Å². The van der Waals surface area contributed by atoms with E-state index < -0.39 is 37.0 Å². The molecule has 0 spiro atoms. The molecule has 0 radical (unpaired) electrons. The zero-order valence-electron chi connectivity index (χ0n) is 17.1. The van der Waals surface area contributed by atoms with Crippen molar-refractivity contribution in [3.63, 3.8) is 0 Å². The van der Waals surface area contributed by atoms with Crippen molar-refractivity contribution in [2.24, 2.45) is 0 Å². The number of aliphatic hydroxyl groups excluding tert-OH is 4. The van der Waals surface area contributed by atoms with E-state index in [9.17, 15) is 25.5 Å². The highest BCUT2D eigenvalue weighted by Crippen LogP contribution is 2.36. The maximum Gasteiger partial charge on any atom is 0.288 e. The maximum absolute atomic E-state index is 10.9. The number of H-pyrrole nitrogens is 1. The first-order chi connectivity index (χ1) is 14.9. The van der Waals surface area contributed by atoms with E-state index in [0.29, 0.717) is 11.8 Å². The first-order valence-electron chi connectivity index (χ1n) is 10.3. The predicted octanol–water partition coefficient (Wildman–Crippen LogP) is 0.820. The molecule has 8 heteroatoms. The number of hydrogen-bond acceptors (Lipinski definition) is 7. The summed E-state index contributed by atoms with van der Waals surface area (Å²) >= 11 is 0. The second-order valence-corrected chi connectivity index (χ2v) is 7.84. The Bertz CT molecular complexity index is 1030. The summed E-state index contributed by atoms with van der Waals surface area (Å²) in [7, 11) is 0. The topological polar surface area (TPSA) is 135 Å². The summed E-state index contributed by atoms with van der Waals surface area (Å²) in [5, 5.41) is 51.6. The molecule has 3 aromatic rings. The zero-order chi connectivity index (χ0) is 22.2. The van der Waals surface area contributed by atoms with Crippen LogP contribution in [0.2, 0.25) is 0 Å². The second kappa shape index (κ2) is 8.58. The lowest BCUT2D eigenvalue weighted by molar-refractivity contribution is -0.385. The Labute approximate surface area is 179 Å². The van der Waals surface area contributed by atoms with E-state index in [1.165, 1.54) is 5.56 Å². The average molecular weight is 429 g/mol. The van der Waals surface area contributed by atoms with Crippen LogP contribution in [0.5, 0.6) is 5.75 Å². The maximum atomic E-state index is 10.9. The Hall–Kier alpha value is -2.46. The summed E-state index contributed by atoms with van der Waals surface area (Å²) in [5.74, 6) is -2.42. The first-order valence-corrected chi connectivity index (χ1v) is 10.3. The lowest BCUT2D eigenvalue weighted by Crippen LogP contribution is -2.69. The number of fused-ring (bicyclic) bond motifs is 1. The van der Waals surface area contributed by atoms with E-state index in [-0.39, 0.29) is 5.75 Å². The number of aromatic nitrogens is 1. The van der Waals surface area contributed by atoms with E-state index in [1.807, 2.05) is 12.3 Å². The van der Waals surface area contributed by atoms with Gasteiger partial charge in [0, 0.05) is 17.1 Å². The van der Waals surface area contributed by atoms with Gasteiger partial charge in [0.15, 0.2) is 6.10 Å². The molecule has 1 aliphatic rings. The summed E-state index contributed by atoms with van der Waals surface area (Å²) in [5.41, 5.74) is 3.98. The van der Waals surface area contributed by atoms with E-state index >= 15 is 0 Å². The number of aliphatic hydroxyl groups is 5. The molecule has 1 aliphatic heterocycles. The van der Waals surface area contributed by atoms with Gasteiger partial charge in [0.1, 0.15) is 18.0 Å². The Kier molecular flexibility index (Phi) is 6.02. The normalized spacial score (nSPS) is 28.7. The van der Waals surface area contributed by atoms with Gasteiger partial charge in [-0.15, -0.1) is 0 Å². The van der Waals surface area contributed by atoms with E-state index in [0.717, 1.165) is 23.1 Å². The molecule has 6 N–H and O–H groups in total. The van der Waals surface area contributed by atoms with Crippen molar-refractivity contribution in [2.45, 2.75) is 50.2 Å². The number of rotatable bonds is 6. The van der Waals surface area contributed by atoms with Crippen molar-refractivity contribution in [1.82, 2.24) is 4.98 Å². The lowest BCUT2D eigenvalue weighted by atomic mass is 9.95. The van der Waals surface area contributed by atoms with E-state index in [4.69, 9.17) is 9.47 Å². The summed E-state index contributed by atoms with van der Waals surface area (Å²) in [6.45, 7) is 1.46. The van der Waals surface area contributed by atoms with Gasteiger partial charge in [-0.25, -0.2) is 0 Å². The number of benzene rings is 2. The Morgan fingerprint density at radius 3 is 2.45 bits per heavy atom. The molecule has 0 saturated carbocycles. The largest absolute Gasteiger partial charge is 0.454 e. The fourth-order valence-corrected chi connectivity index (χ4v) is 3.93.